The van der Waals surface area contributed by atoms with Crippen LogP contribution in [0.3, 0.4) is 0 Å². The van der Waals surface area contributed by atoms with Crippen molar-refractivity contribution in [3.63, 3.8) is 0 Å². The summed E-state index contributed by atoms with van der Waals surface area (Å²) in [7, 11) is 0. The molecule has 1 atom stereocenters. The standard InChI is InChI=1S/C18H33N3O2/c1-4-5-16(7-6-15(2)3)17-14-18(23-20-17)19-8-9-21-10-12-22-13-11-21/h14-16,19H,4-13H2,1-3H3. The fraction of sp³-hybridized carbons (Fsp3) is 0.833. The summed E-state index contributed by atoms with van der Waals surface area (Å²) in [6, 6.07) is 2.10. The summed E-state index contributed by atoms with van der Waals surface area (Å²) in [4.78, 5) is 2.41. The smallest absolute Gasteiger partial charge is 0.224 e. The monoisotopic (exact) mass is 323 g/mol. The van der Waals surface area contributed by atoms with E-state index in [9.17, 15) is 0 Å². The molecular formula is C18H33N3O2. The quantitative estimate of drug-likeness (QED) is 0.711. The van der Waals surface area contributed by atoms with Crippen molar-refractivity contribution in [3.05, 3.63) is 11.8 Å². The lowest BCUT2D eigenvalue weighted by Crippen LogP contribution is -2.38. The van der Waals surface area contributed by atoms with E-state index >= 15 is 0 Å². The van der Waals surface area contributed by atoms with Gasteiger partial charge in [0.25, 0.3) is 0 Å². The summed E-state index contributed by atoms with van der Waals surface area (Å²) in [5, 5.41) is 7.67. The van der Waals surface area contributed by atoms with Gasteiger partial charge < -0.3 is 14.6 Å². The molecule has 1 unspecified atom stereocenters. The Hall–Kier alpha value is -1.07. The maximum atomic E-state index is 5.48. The molecule has 1 aromatic heterocycles. The average molecular weight is 323 g/mol. The maximum absolute atomic E-state index is 5.48. The summed E-state index contributed by atoms with van der Waals surface area (Å²) >= 11 is 0. The van der Waals surface area contributed by atoms with Gasteiger partial charge in [0, 0.05) is 38.2 Å². The van der Waals surface area contributed by atoms with Crippen LogP contribution in [-0.4, -0.2) is 49.4 Å². The van der Waals surface area contributed by atoms with Crippen LogP contribution in [0.25, 0.3) is 0 Å². The van der Waals surface area contributed by atoms with Gasteiger partial charge in [0.1, 0.15) is 0 Å². The van der Waals surface area contributed by atoms with E-state index in [1.54, 1.807) is 0 Å². The molecule has 1 aliphatic heterocycles. The van der Waals surface area contributed by atoms with Crippen molar-refractivity contribution < 1.29 is 9.26 Å². The Morgan fingerprint density at radius 2 is 2.00 bits per heavy atom. The van der Waals surface area contributed by atoms with E-state index in [1.807, 2.05) is 0 Å². The summed E-state index contributed by atoms with van der Waals surface area (Å²) < 4.78 is 10.8. The summed E-state index contributed by atoms with van der Waals surface area (Å²) in [6.07, 6.45) is 4.82. The minimum atomic E-state index is 0.529. The Balaban J connectivity index is 1.77. The minimum absolute atomic E-state index is 0.529. The molecule has 5 nitrogen and oxygen atoms in total. The van der Waals surface area contributed by atoms with Gasteiger partial charge in [-0.1, -0.05) is 38.8 Å². The molecule has 132 valence electrons. The number of anilines is 1. The van der Waals surface area contributed by atoms with E-state index in [-0.39, 0.29) is 0 Å². The number of hydrogen-bond acceptors (Lipinski definition) is 5. The number of aromatic nitrogens is 1. The third-order valence-corrected chi connectivity index (χ3v) is 4.51. The molecule has 1 fully saturated rings. The van der Waals surface area contributed by atoms with Gasteiger partial charge in [-0.25, -0.2) is 0 Å². The van der Waals surface area contributed by atoms with E-state index in [0.29, 0.717) is 5.92 Å². The van der Waals surface area contributed by atoms with Gasteiger partial charge in [0.15, 0.2) is 0 Å². The first-order chi connectivity index (χ1) is 11.2. The van der Waals surface area contributed by atoms with Gasteiger partial charge in [0.05, 0.1) is 18.9 Å². The number of hydrogen-bond donors (Lipinski definition) is 1. The molecule has 1 aromatic rings. The van der Waals surface area contributed by atoms with Crippen LogP contribution in [0.4, 0.5) is 5.88 Å². The number of ether oxygens (including phenoxy) is 1. The molecule has 5 heteroatoms. The molecule has 0 spiro atoms. The van der Waals surface area contributed by atoms with Crippen molar-refractivity contribution in [2.24, 2.45) is 5.92 Å². The van der Waals surface area contributed by atoms with Crippen LogP contribution < -0.4 is 5.32 Å². The van der Waals surface area contributed by atoms with E-state index in [0.717, 1.165) is 56.9 Å². The first-order valence-corrected chi connectivity index (χ1v) is 9.19. The van der Waals surface area contributed by atoms with Crippen molar-refractivity contribution in [3.8, 4) is 0 Å². The van der Waals surface area contributed by atoms with Crippen LogP contribution in [0.1, 0.15) is 58.1 Å². The normalized spacial score (nSPS) is 17.6. The number of nitrogens with one attached hydrogen (secondary N) is 1. The fourth-order valence-corrected chi connectivity index (χ4v) is 3.05. The molecule has 0 saturated carbocycles. The second-order valence-electron chi connectivity index (χ2n) is 6.95. The average Bonchev–Trinajstić information content (AvgIpc) is 3.01. The van der Waals surface area contributed by atoms with Crippen molar-refractivity contribution in [1.82, 2.24) is 10.1 Å². The molecule has 0 amide bonds. The zero-order valence-electron chi connectivity index (χ0n) is 15.0. The lowest BCUT2D eigenvalue weighted by molar-refractivity contribution is 0.0398. The highest BCUT2D eigenvalue weighted by atomic mass is 16.5. The van der Waals surface area contributed by atoms with E-state index < -0.39 is 0 Å². The highest BCUT2D eigenvalue weighted by Crippen LogP contribution is 2.28. The van der Waals surface area contributed by atoms with E-state index in [2.05, 4.69) is 42.2 Å². The molecule has 1 saturated heterocycles. The molecular weight excluding hydrogens is 290 g/mol. The van der Waals surface area contributed by atoms with Crippen LogP contribution in [0, 0.1) is 5.92 Å². The third-order valence-electron chi connectivity index (χ3n) is 4.51. The lowest BCUT2D eigenvalue weighted by Gasteiger charge is -2.26. The molecule has 2 rings (SSSR count). The van der Waals surface area contributed by atoms with Gasteiger partial charge >= 0.3 is 0 Å². The molecule has 0 aliphatic carbocycles. The van der Waals surface area contributed by atoms with Gasteiger partial charge in [-0.2, -0.15) is 0 Å². The Labute approximate surface area is 140 Å². The van der Waals surface area contributed by atoms with Crippen LogP contribution in [0.15, 0.2) is 10.6 Å². The number of morpholine rings is 1. The number of rotatable bonds is 10. The largest absolute Gasteiger partial charge is 0.379 e. The van der Waals surface area contributed by atoms with Crippen LogP contribution in [0.2, 0.25) is 0 Å². The predicted molar refractivity (Wildman–Crippen MR) is 94.0 cm³/mol. The van der Waals surface area contributed by atoms with Crippen molar-refractivity contribution in [1.29, 1.82) is 0 Å². The van der Waals surface area contributed by atoms with Crippen molar-refractivity contribution in [2.45, 2.75) is 52.4 Å². The molecule has 2 heterocycles. The second kappa shape index (κ2) is 9.93. The number of nitrogens with zero attached hydrogens (tertiary/aromatic N) is 2. The lowest BCUT2D eigenvalue weighted by atomic mass is 9.91. The second-order valence-corrected chi connectivity index (χ2v) is 6.95. The predicted octanol–water partition coefficient (Wildman–Crippen LogP) is 3.74. The summed E-state index contributed by atoms with van der Waals surface area (Å²) in [5.41, 5.74) is 1.11. The van der Waals surface area contributed by atoms with Gasteiger partial charge in [0.2, 0.25) is 5.88 Å². The van der Waals surface area contributed by atoms with Gasteiger partial charge in [-0.15, -0.1) is 0 Å². The van der Waals surface area contributed by atoms with Crippen LogP contribution in [0.5, 0.6) is 0 Å². The molecule has 1 N–H and O–H groups in total. The Morgan fingerprint density at radius 1 is 1.22 bits per heavy atom. The Morgan fingerprint density at radius 3 is 2.70 bits per heavy atom. The van der Waals surface area contributed by atoms with Crippen molar-refractivity contribution >= 4 is 5.88 Å². The molecule has 0 radical (unpaired) electrons. The first-order valence-electron chi connectivity index (χ1n) is 9.19. The SMILES string of the molecule is CCCC(CCC(C)C)c1cc(NCCN2CCOCC2)on1. The molecule has 0 bridgehead atoms. The maximum Gasteiger partial charge on any atom is 0.224 e. The Kier molecular flexibility index (Phi) is 7.89. The first kappa shape index (κ1) is 18.3. The van der Waals surface area contributed by atoms with E-state index in [4.69, 9.17) is 9.26 Å². The highest BCUT2D eigenvalue weighted by Gasteiger charge is 2.16. The Bertz CT molecular complexity index is 428. The third kappa shape index (κ3) is 6.51. The topological polar surface area (TPSA) is 50.5 Å². The zero-order chi connectivity index (χ0) is 16.5. The molecule has 23 heavy (non-hydrogen) atoms. The zero-order valence-corrected chi connectivity index (χ0v) is 15.0. The highest BCUT2D eigenvalue weighted by molar-refractivity contribution is 5.32. The summed E-state index contributed by atoms with van der Waals surface area (Å²) in [6.45, 7) is 12.5. The van der Waals surface area contributed by atoms with Gasteiger partial charge in [-0.3, -0.25) is 4.90 Å². The summed E-state index contributed by atoms with van der Waals surface area (Å²) in [5.74, 6) is 2.08. The van der Waals surface area contributed by atoms with Gasteiger partial charge in [-0.05, 0) is 18.8 Å². The van der Waals surface area contributed by atoms with E-state index in [1.165, 1.54) is 25.7 Å². The minimum Gasteiger partial charge on any atom is -0.379 e. The molecule has 1 aliphatic rings. The van der Waals surface area contributed by atoms with Crippen molar-refractivity contribution in [2.75, 3.05) is 44.7 Å². The molecule has 0 aromatic carbocycles. The fourth-order valence-electron chi connectivity index (χ4n) is 3.05. The van der Waals surface area contributed by atoms with Crippen LogP contribution in [-0.2, 0) is 4.74 Å². The van der Waals surface area contributed by atoms with Crippen LogP contribution >= 0.6 is 0 Å².